The van der Waals surface area contributed by atoms with Gasteiger partial charge in [0.2, 0.25) is 10.0 Å². The maximum absolute atomic E-state index is 12.6. The number of rotatable bonds is 5. The van der Waals surface area contributed by atoms with Gasteiger partial charge in [-0.25, -0.2) is 17.5 Å². The van der Waals surface area contributed by atoms with Crippen LogP contribution in [0.2, 0.25) is 0 Å². The lowest BCUT2D eigenvalue weighted by Crippen LogP contribution is -2.53. The van der Waals surface area contributed by atoms with E-state index in [2.05, 4.69) is 21.2 Å². The van der Waals surface area contributed by atoms with Crippen LogP contribution in [0.4, 0.5) is 0 Å². The Balaban J connectivity index is 2.36. The van der Waals surface area contributed by atoms with Crippen LogP contribution < -0.4 is 5.32 Å². The molecule has 1 amide bonds. The van der Waals surface area contributed by atoms with E-state index in [0.717, 1.165) is 17.1 Å². The number of halogens is 1. The average molecular weight is 433 g/mol. The highest BCUT2D eigenvalue weighted by Gasteiger charge is 2.43. The minimum atomic E-state index is -3.71. The van der Waals surface area contributed by atoms with Crippen molar-refractivity contribution in [2.24, 2.45) is 0 Å². The number of hydrogen-bond donors (Lipinski definition) is 1. The Morgan fingerprint density at radius 3 is 2.36 bits per heavy atom. The van der Waals surface area contributed by atoms with E-state index in [4.69, 9.17) is 4.74 Å². The Morgan fingerprint density at radius 2 is 1.84 bits per heavy atom. The summed E-state index contributed by atoms with van der Waals surface area (Å²) in [7, 11) is 0.407. The number of esters is 1. The topological polar surface area (TPSA) is 92.8 Å². The molecule has 0 bridgehead atoms. The number of nitrogens with zero attached hydrogens (tertiary/aromatic N) is 1. The second-order valence-corrected chi connectivity index (χ2v) is 9.14. The monoisotopic (exact) mass is 432 g/mol. The first-order valence-corrected chi connectivity index (χ1v) is 10.0. The first-order valence-electron chi connectivity index (χ1n) is 7.77. The standard InChI is InChI=1S/C16H21BrN2O5S/c1-19(2)25(22,23)13-10-11(6-7-12(13)17)14(20)18-16(15(21)24-3)8-4-5-9-16/h6-7,10H,4-5,8-9H2,1-3H3,(H,18,20). The molecule has 0 aromatic heterocycles. The van der Waals surface area contributed by atoms with Crippen molar-refractivity contribution in [2.45, 2.75) is 36.1 Å². The molecule has 1 saturated carbocycles. The zero-order chi connectivity index (χ0) is 18.8. The minimum Gasteiger partial charge on any atom is -0.467 e. The number of amides is 1. The lowest BCUT2D eigenvalue weighted by molar-refractivity contribution is -0.148. The highest BCUT2D eigenvalue weighted by molar-refractivity contribution is 9.10. The van der Waals surface area contributed by atoms with Crippen LogP contribution in [0.25, 0.3) is 0 Å². The smallest absolute Gasteiger partial charge is 0.331 e. The van der Waals surface area contributed by atoms with E-state index < -0.39 is 27.4 Å². The molecule has 0 unspecified atom stereocenters. The normalized spacial score (nSPS) is 16.7. The summed E-state index contributed by atoms with van der Waals surface area (Å²) in [6.45, 7) is 0. The number of nitrogens with one attached hydrogen (secondary N) is 1. The molecule has 0 aliphatic heterocycles. The third-order valence-corrected chi connectivity index (χ3v) is 7.15. The molecule has 0 spiro atoms. The Bertz CT molecular complexity index is 786. The first-order chi connectivity index (χ1) is 11.6. The van der Waals surface area contributed by atoms with Crippen molar-refractivity contribution in [3.05, 3.63) is 28.2 Å². The van der Waals surface area contributed by atoms with Gasteiger partial charge in [-0.1, -0.05) is 12.8 Å². The zero-order valence-electron chi connectivity index (χ0n) is 14.3. The van der Waals surface area contributed by atoms with Crippen LogP contribution in [-0.2, 0) is 19.6 Å². The second kappa shape index (κ2) is 7.43. The van der Waals surface area contributed by atoms with Gasteiger partial charge in [-0.2, -0.15) is 0 Å². The molecule has 0 heterocycles. The van der Waals surface area contributed by atoms with E-state index >= 15 is 0 Å². The number of benzene rings is 1. The third kappa shape index (κ3) is 3.88. The van der Waals surface area contributed by atoms with Crippen molar-refractivity contribution < 1.29 is 22.7 Å². The lowest BCUT2D eigenvalue weighted by atomic mass is 9.97. The molecule has 25 heavy (non-hydrogen) atoms. The fraction of sp³-hybridized carbons (Fsp3) is 0.500. The van der Waals surface area contributed by atoms with Gasteiger partial charge in [0.1, 0.15) is 5.54 Å². The first kappa shape index (κ1) is 19.9. The Kier molecular flexibility index (Phi) is 5.90. The second-order valence-electron chi connectivity index (χ2n) is 6.17. The number of sulfonamides is 1. The van der Waals surface area contributed by atoms with Crippen molar-refractivity contribution in [1.82, 2.24) is 9.62 Å². The summed E-state index contributed by atoms with van der Waals surface area (Å²) in [6.07, 6.45) is 2.64. The fourth-order valence-corrected chi connectivity index (χ4v) is 4.73. The Hall–Kier alpha value is -1.45. The Morgan fingerprint density at radius 1 is 1.24 bits per heavy atom. The summed E-state index contributed by atoms with van der Waals surface area (Å²) in [4.78, 5) is 24.8. The minimum absolute atomic E-state index is 0.0105. The molecule has 1 aliphatic rings. The summed E-state index contributed by atoms with van der Waals surface area (Å²) in [5.74, 6) is -0.980. The molecule has 0 atom stereocenters. The summed E-state index contributed by atoms with van der Waals surface area (Å²) >= 11 is 3.21. The summed E-state index contributed by atoms with van der Waals surface area (Å²) in [6, 6.07) is 4.31. The predicted octanol–water partition coefficient (Wildman–Crippen LogP) is 1.91. The fourth-order valence-electron chi connectivity index (χ4n) is 2.88. The number of carbonyl (C=O) groups is 2. The van der Waals surface area contributed by atoms with E-state index in [-0.39, 0.29) is 10.5 Å². The predicted molar refractivity (Wildman–Crippen MR) is 95.7 cm³/mol. The third-order valence-electron chi connectivity index (χ3n) is 4.34. The van der Waals surface area contributed by atoms with E-state index in [0.29, 0.717) is 17.3 Å². The Labute approximate surface area is 155 Å². The lowest BCUT2D eigenvalue weighted by Gasteiger charge is -2.27. The molecule has 9 heteroatoms. The van der Waals surface area contributed by atoms with Gasteiger partial charge in [-0.05, 0) is 47.0 Å². The van der Waals surface area contributed by atoms with Crippen LogP contribution in [0.5, 0.6) is 0 Å². The molecule has 1 aromatic carbocycles. The van der Waals surface area contributed by atoms with Crippen LogP contribution in [0.1, 0.15) is 36.0 Å². The van der Waals surface area contributed by atoms with Crippen LogP contribution in [-0.4, -0.2) is 51.3 Å². The molecule has 0 radical (unpaired) electrons. The molecular formula is C16H21BrN2O5S. The van der Waals surface area contributed by atoms with Crippen molar-refractivity contribution in [2.75, 3.05) is 21.2 Å². The number of carbonyl (C=O) groups excluding carboxylic acids is 2. The SMILES string of the molecule is COC(=O)C1(NC(=O)c2ccc(Br)c(S(=O)(=O)N(C)C)c2)CCCC1. The molecule has 138 valence electrons. The molecule has 1 aromatic rings. The molecule has 1 fully saturated rings. The van der Waals surface area contributed by atoms with Gasteiger partial charge >= 0.3 is 5.97 Å². The number of hydrogen-bond acceptors (Lipinski definition) is 5. The number of ether oxygens (including phenoxy) is 1. The molecule has 7 nitrogen and oxygen atoms in total. The molecule has 2 rings (SSSR count). The highest BCUT2D eigenvalue weighted by Crippen LogP contribution is 2.32. The highest BCUT2D eigenvalue weighted by atomic mass is 79.9. The van der Waals surface area contributed by atoms with E-state index in [1.54, 1.807) is 0 Å². The molecule has 1 aliphatic carbocycles. The van der Waals surface area contributed by atoms with E-state index in [1.165, 1.54) is 39.4 Å². The maximum Gasteiger partial charge on any atom is 0.331 e. The molecule has 1 N–H and O–H groups in total. The maximum atomic E-state index is 12.6. The summed E-state index contributed by atoms with van der Waals surface area (Å²) in [5.41, 5.74) is -0.877. The van der Waals surface area contributed by atoms with Gasteiger partial charge < -0.3 is 10.1 Å². The molecule has 0 saturated heterocycles. The van der Waals surface area contributed by atoms with Gasteiger partial charge in [0.05, 0.1) is 12.0 Å². The van der Waals surface area contributed by atoms with Crippen molar-refractivity contribution in [3.63, 3.8) is 0 Å². The largest absolute Gasteiger partial charge is 0.467 e. The van der Waals surface area contributed by atoms with Gasteiger partial charge in [0.25, 0.3) is 5.91 Å². The van der Waals surface area contributed by atoms with Crippen molar-refractivity contribution >= 4 is 37.8 Å². The van der Waals surface area contributed by atoms with Crippen LogP contribution in [0, 0.1) is 0 Å². The van der Waals surface area contributed by atoms with Gasteiger partial charge in [-0.3, -0.25) is 4.79 Å². The van der Waals surface area contributed by atoms with Crippen molar-refractivity contribution in [1.29, 1.82) is 0 Å². The quantitative estimate of drug-likeness (QED) is 0.717. The molecular weight excluding hydrogens is 412 g/mol. The zero-order valence-corrected chi connectivity index (χ0v) is 16.7. The summed E-state index contributed by atoms with van der Waals surface area (Å²) in [5, 5.41) is 2.75. The van der Waals surface area contributed by atoms with E-state index in [9.17, 15) is 18.0 Å². The van der Waals surface area contributed by atoms with Crippen LogP contribution >= 0.6 is 15.9 Å². The van der Waals surface area contributed by atoms with Gasteiger partial charge in [-0.15, -0.1) is 0 Å². The van der Waals surface area contributed by atoms with Crippen LogP contribution in [0.15, 0.2) is 27.6 Å². The van der Waals surface area contributed by atoms with E-state index in [1.807, 2.05) is 0 Å². The number of methoxy groups -OCH3 is 1. The van der Waals surface area contributed by atoms with Crippen molar-refractivity contribution in [3.8, 4) is 0 Å². The van der Waals surface area contributed by atoms with Gasteiger partial charge in [0.15, 0.2) is 0 Å². The van der Waals surface area contributed by atoms with Crippen LogP contribution in [0.3, 0.4) is 0 Å². The average Bonchev–Trinajstić information content (AvgIpc) is 3.03. The summed E-state index contributed by atoms with van der Waals surface area (Å²) < 4.78 is 31.0. The van der Waals surface area contributed by atoms with Gasteiger partial charge in [0, 0.05) is 24.1 Å².